The Morgan fingerprint density at radius 2 is 2.31 bits per heavy atom. The Kier molecular flexibility index (Phi) is 3.85. The van der Waals surface area contributed by atoms with Gasteiger partial charge in [-0.3, -0.25) is 4.79 Å². The summed E-state index contributed by atoms with van der Waals surface area (Å²) in [6.45, 7) is 4.32. The number of rotatable bonds is 3. The summed E-state index contributed by atoms with van der Waals surface area (Å²) in [5, 5.41) is 0.411. The van der Waals surface area contributed by atoms with Crippen LogP contribution in [0.15, 0.2) is 12.3 Å². The Balaban J connectivity index is 2.60. The summed E-state index contributed by atoms with van der Waals surface area (Å²) in [5.74, 6) is 0.718. The zero-order valence-corrected chi connectivity index (χ0v) is 9.14. The van der Waals surface area contributed by atoms with Crippen LogP contribution in [-0.4, -0.2) is 23.4 Å². The van der Waals surface area contributed by atoms with E-state index in [1.54, 1.807) is 11.8 Å². The second-order valence-corrected chi connectivity index (χ2v) is 4.61. The van der Waals surface area contributed by atoms with E-state index in [1.807, 2.05) is 0 Å². The molecule has 0 N–H and O–H groups in total. The summed E-state index contributed by atoms with van der Waals surface area (Å²) in [4.78, 5) is 11.1. The average Bonchev–Trinajstić information content (AvgIpc) is 2.04. The highest BCUT2D eigenvalue weighted by Crippen LogP contribution is 2.26. The van der Waals surface area contributed by atoms with Crippen LogP contribution in [0.25, 0.3) is 0 Å². The number of hydrogen-bond acceptors (Lipinski definition) is 3. The summed E-state index contributed by atoms with van der Waals surface area (Å²) in [6.07, 6.45) is 5.69. The molecule has 3 heteroatoms. The lowest BCUT2D eigenvalue weighted by Gasteiger charge is -2.29. The molecule has 1 aliphatic heterocycles. The smallest absolute Gasteiger partial charge is 0.162 e. The van der Waals surface area contributed by atoms with Gasteiger partial charge in [-0.05, 0) is 12.2 Å². The number of carbonyl (C=O) groups excluding carboxylic acids is 1. The third-order valence-electron chi connectivity index (χ3n) is 2.21. The van der Waals surface area contributed by atoms with E-state index in [9.17, 15) is 4.79 Å². The molecule has 1 aliphatic rings. The van der Waals surface area contributed by atoms with Crippen LogP contribution in [0, 0.1) is 5.92 Å². The zero-order valence-electron chi connectivity index (χ0n) is 8.32. The van der Waals surface area contributed by atoms with Crippen LogP contribution in [0.5, 0.6) is 0 Å². The van der Waals surface area contributed by atoms with Gasteiger partial charge in [0.2, 0.25) is 0 Å². The highest BCUT2D eigenvalue weighted by atomic mass is 32.2. The van der Waals surface area contributed by atoms with Crippen LogP contribution in [0.2, 0.25) is 0 Å². The maximum absolute atomic E-state index is 11.1. The first-order valence-corrected chi connectivity index (χ1v) is 5.81. The molecule has 0 aromatic rings. The summed E-state index contributed by atoms with van der Waals surface area (Å²) in [7, 11) is 0. The third-order valence-corrected chi connectivity index (χ3v) is 3.60. The van der Waals surface area contributed by atoms with Gasteiger partial charge in [-0.15, -0.1) is 0 Å². The molecule has 2 nitrogen and oxygen atoms in total. The third kappa shape index (κ3) is 2.76. The zero-order chi connectivity index (χ0) is 9.84. The summed E-state index contributed by atoms with van der Waals surface area (Å²) >= 11 is 1.78. The number of thioether (sulfide) groups is 1. The minimum Gasteiger partial charge on any atom is -0.496 e. The molecule has 0 bridgehead atoms. The molecule has 1 rings (SSSR count). The molecule has 0 amide bonds. The van der Waals surface area contributed by atoms with Crippen molar-refractivity contribution in [3.05, 3.63) is 12.3 Å². The lowest BCUT2D eigenvalue weighted by molar-refractivity contribution is -0.118. The highest BCUT2D eigenvalue weighted by Gasteiger charge is 2.28. The van der Waals surface area contributed by atoms with E-state index in [0.29, 0.717) is 17.6 Å². The Morgan fingerprint density at radius 3 is 2.77 bits per heavy atom. The molecule has 0 radical (unpaired) electrons. The average molecular weight is 200 g/mol. The topological polar surface area (TPSA) is 26.3 Å². The number of hydrogen-bond donors (Lipinski definition) is 0. The first-order chi connectivity index (χ1) is 6.15. The van der Waals surface area contributed by atoms with E-state index < -0.39 is 0 Å². The van der Waals surface area contributed by atoms with Crippen LogP contribution in [-0.2, 0) is 9.53 Å². The number of ether oxygens (including phenoxy) is 1. The van der Waals surface area contributed by atoms with Crippen molar-refractivity contribution in [2.75, 3.05) is 6.26 Å². The first-order valence-electron chi connectivity index (χ1n) is 4.52. The predicted octanol–water partition coefficient (Wildman–Crippen LogP) is 2.25. The fourth-order valence-corrected chi connectivity index (χ4v) is 2.59. The molecule has 13 heavy (non-hydrogen) atoms. The lowest BCUT2D eigenvalue weighted by atomic mass is 10.00. The second kappa shape index (κ2) is 4.70. The molecule has 74 valence electrons. The molecule has 0 saturated heterocycles. The van der Waals surface area contributed by atoms with Gasteiger partial charge in [-0.25, -0.2) is 0 Å². The Morgan fingerprint density at radius 1 is 1.62 bits per heavy atom. The van der Waals surface area contributed by atoms with Gasteiger partial charge in [0.15, 0.2) is 5.78 Å². The van der Waals surface area contributed by atoms with Gasteiger partial charge < -0.3 is 4.74 Å². The van der Waals surface area contributed by atoms with Gasteiger partial charge in [0.1, 0.15) is 6.10 Å². The van der Waals surface area contributed by atoms with Crippen LogP contribution in [0.3, 0.4) is 0 Å². The van der Waals surface area contributed by atoms with Gasteiger partial charge in [-0.2, -0.15) is 11.8 Å². The molecule has 2 atom stereocenters. The van der Waals surface area contributed by atoms with Crippen molar-refractivity contribution < 1.29 is 9.53 Å². The fraction of sp³-hybridized carbons (Fsp3) is 0.700. The van der Waals surface area contributed by atoms with E-state index in [2.05, 4.69) is 20.1 Å². The van der Waals surface area contributed by atoms with Crippen LogP contribution in [0.4, 0.5) is 0 Å². The van der Waals surface area contributed by atoms with Crippen molar-refractivity contribution in [2.45, 2.75) is 31.6 Å². The standard InChI is InChI=1S/C10H16O2S/c1-7(2)10(13-3)9-6-8(11)4-5-12-9/h4-5,7,9-10H,6H2,1-3H3/t9-,10+/m1/s1. The SMILES string of the molecule is CS[C@@H](C(C)C)[C@H]1CC(=O)C=CO1. The minimum atomic E-state index is 0.0625. The van der Waals surface area contributed by atoms with Crippen molar-refractivity contribution in [1.29, 1.82) is 0 Å². The van der Waals surface area contributed by atoms with Gasteiger partial charge in [0.25, 0.3) is 0 Å². The van der Waals surface area contributed by atoms with Gasteiger partial charge in [0.05, 0.1) is 6.26 Å². The van der Waals surface area contributed by atoms with Crippen molar-refractivity contribution >= 4 is 17.5 Å². The molecule has 0 fully saturated rings. The summed E-state index contributed by atoms with van der Waals surface area (Å²) in [6, 6.07) is 0. The largest absolute Gasteiger partial charge is 0.496 e. The molecule has 0 spiro atoms. The lowest BCUT2D eigenvalue weighted by Crippen LogP contribution is -2.33. The molecule has 0 aliphatic carbocycles. The molecule has 0 aromatic heterocycles. The van der Waals surface area contributed by atoms with Crippen LogP contribution in [0.1, 0.15) is 20.3 Å². The molecular formula is C10H16O2S. The van der Waals surface area contributed by atoms with E-state index in [4.69, 9.17) is 4.74 Å². The predicted molar refractivity (Wildman–Crippen MR) is 55.8 cm³/mol. The normalized spacial score (nSPS) is 24.6. The Labute approximate surface area is 83.7 Å². The van der Waals surface area contributed by atoms with E-state index >= 15 is 0 Å². The summed E-state index contributed by atoms with van der Waals surface area (Å²) in [5.41, 5.74) is 0. The Hall–Kier alpha value is -0.440. The second-order valence-electron chi connectivity index (χ2n) is 3.59. The minimum absolute atomic E-state index is 0.0625. The van der Waals surface area contributed by atoms with E-state index in [0.717, 1.165) is 0 Å². The van der Waals surface area contributed by atoms with Crippen LogP contribution < -0.4 is 0 Å². The Bertz CT molecular complexity index is 211. The molecule has 1 heterocycles. The van der Waals surface area contributed by atoms with Gasteiger partial charge >= 0.3 is 0 Å². The molecule has 0 unspecified atom stereocenters. The molecule has 0 aromatic carbocycles. The van der Waals surface area contributed by atoms with Crippen molar-refractivity contribution in [3.8, 4) is 0 Å². The maximum Gasteiger partial charge on any atom is 0.162 e. The fourth-order valence-electron chi connectivity index (χ4n) is 1.58. The number of carbonyl (C=O) groups is 1. The van der Waals surface area contributed by atoms with Crippen molar-refractivity contribution in [3.63, 3.8) is 0 Å². The number of ketones is 1. The van der Waals surface area contributed by atoms with Crippen molar-refractivity contribution in [2.24, 2.45) is 5.92 Å². The first kappa shape index (κ1) is 10.6. The van der Waals surface area contributed by atoms with Crippen LogP contribution >= 0.6 is 11.8 Å². The quantitative estimate of drug-likeness (QED) is 0.699. The molecule has 0 saturated carbocycles. The van der Waals surface area contributed by atoms with E-state index in [1.165, 1.54) is 12.3 Å². The van der Waals surface area contributed by atoms with Gasteiger partial charge in [0, 0.05) is 17.7 Å². The monoisotopic (exact) mass is 200 g/mol. The van der Waals surface area contributed by atoms with Gasteiger partial charge in [-0.1, -0.05) is 13.8 Å². The number of allylic oxidation sites excluding steroid dienone is 1. The van der Waals surface area contributed by atoms with E-state index in [-0.39, 0.29) is 11.9 Å². The summed E-state index contributed by atoms with van der Waals surface area (Å²) < 4.78 is 5.44. The molecular weight excluding hydrogens is 184 g/mol. The highest BCUT2D eigenvalue weighted by molar-refractivity contribution is 7.99. The van der Waals surface area contributed by atoms with Crippen molar-refractivity contribution in [1.82, 2.24) is 0 Å². The maximum atomic E-state index is 11.1.